The van der Waals surface area contributed by atoms with Crippen LogP contribution in [-0.4, -0.2) is 19.3 Å². The van der Waals surface area contributed by atoms with E-state index in [1.165, 1.54) is 54.9 Å². The molecule has 0 saturated heterocycles. The number of nitrogens with zero attached hydrogens (tertiary/aromatic N) is 4. The van der Waals surface area contributed by atoms with Gasteiger partial charge in [-0.15, -0.1) is 10.2 Å². The van der Waals surface area contributed by atoms with Gasteiger partial charge in [0, 0.05) is 44.0 Å². The first-order chi connectivity index (χ1) is 33.2. The lowest BCUT2D eigenvalue weighted by Crippen LogP contribution is -1.97. The first-order valence-electron chi connectivity index (χ1n) is 22.6. The molecule has 10 aromatic carbocycles. The van der Waals surface area contributed by atoms with E-state index in [2.05, 4.69) is 252 Å². The Kier molecular flexibility index (Phi) is 9.32. The SMILES string of the molecule is c1ccc(-c2cc(-c3ccccc3)cc(-n3c4ccccc4c4ccc(-c5nnc(-c6cccc7c8ccccc8n(-c8cc(-c9ccccc9)cc(-c9ccccc9)c8)c67)s5)cc43)c2)cc1. The van der Waals surface area contributed by atoms with Gasteiger partial charge in [0.25, 0.3) is 0 Å². The molecule has 3 heterocycles. The minimum absolute atomic E-state index is 0.869. The monoisotopic (exact) mass is 872 g/mol. The van der Waals surface area contributed by atoms with Gasteiger partial charge in [-0.1, -0.05) is 193 Å². The van der Waals surface area contributed by atoms with Crippen LogP contribution in [0.15, 0.2) is 243 Å². The lowest BCUT2D eigenvalue weighted by molar-refractivity contribution is 1.10. The van der Waals surface area contributed by atoms with Crippen molar-refractivity contribution >= 4 is 54.9 Å². The number of aromatic nitrogens is 4. The third kappa shape index (κ3) is 6.75. The van der Waals surface area contributed by atoms with Crippen molar-refractivity contribution in [3.63, 3.8) is 0 Å². The Balaban J connectivity index is 0.984. The highest BCUT2D eigenvalue weighted by Gasteiger charge is 2.22. The Morgan fingerprint density at radius 3 is 1.22 bits per heavy atom. The molecule has 0 unspecified atom stereocenters. The molecule has 0 atom stereocenters. The predicted molar refractivity (Wildman–Crippen MR) is 281 cm³/mol. The Labute approximate surface area is 392 Å². The summed E-state index contributed by atoms with van der Waals surface area (Å²) in [5.41, 5.74) is 18.2. The summed E-state index contributed by atoms with van der Waals surface area (Å²) < 4.78 is 4.85. The molecule has 0 aliphatic heterocycles. The molecular weight excluding hydrogens is 833 g/mol. The number of hydrogen-bond acceptors (Lipinski definition) is 3. The minimum atomic E-state index is 0.869. The molecule has 0 N–H and O–H groups in total. The summed E-state index contributed by atoms with van der Waals surface area (Å²) in [7, 11) is 0. The van der Waals surface area contributed by atoms with Crippen LogP contribution in [0.3, 0.4) is 0 Å². The first-order valence-corrected chi connectivity index (χ1v) is 23.5. The van der Waals surface area contributed by atoms with Gasteiger partial charge in [0.15, 0.2) is 0 Å². The van der Waals surface area contributed by atoms with Gasteiger partial charge in [-0.25, -0.2) is 0 Å². The van der Waals surface area contributed by atoms with E-state index in [-0.39, 0.29) is 0 Å². The molecule has 0 aliphatic carbocycles. The quantitative estimate of drug-likeness (QED) is 0.152. The van der Waals surface area contributed by atoms with Gasteiger partial charge in [-0.3, -0.25) is 0 Å². The zero-order chi connectivity index (χ0) is 44.3. The summed E-state index contributed by atoms with van der Waals surface area (Å²) >= 11 is 1.64. The highest BCUT2D eigenvalue weighted by atomic mass is 32.1. The molecule has 67 heavy (non-hydrogen) atoms. The molecule has 4 nitrogen and oxygen atoms in total. The van der Waals surface area contributed by atoms with Gasteiger partial charge >= 0.3 is 0 Å². The van der Waals surface area contributed by atoms with Crippen LogP contribution in [-0.2, 0) is 0 Å². The van der Waals surface area contributed by atoms with E-state index >= 15 is 0 Å². The molecule has 314 valence electrons. The molecule has 5 heteroatoms. The van der Waals surface area contributed by atoms with E-state index in [0.29, 0.717) is 0 Å². The number of fused-ring (bicyclic) bond motifs is 6. The van der Waals surface area contributed by atoms with E-state index in [1.807, 2.05) is 0 Å². The maximum absolute atomic E-state index is 4.99. The van der Waals surface area contributed by atoms with Crippen molar-refractivity contribution in [1.82, 2.24) is 19.3 Å². The van der Waals surface area contributed by atoms with E-state index < -0.39 is 0 Å². The number of para-hydroxylation sites is 3. The van der Waals surface area contributed by atoms with Crippen molar-refractivity contribution in [3.05, 3.63) is 243 Å². The highest BCUT2D eigenvalue weighted by molar-refractivity contribution is 7.18. The average molecular weight is 873 g/mol. The summed E-state index contributed by atoms with van der Waals surface area (Å²) in [5.74, 6) is 0. The Morgan fingerprint density at radius 1 is 0.269 bits per heavy atom. The van der Waals surface area contributed by atoms with E-state index in [1.54, 1.807) is 11.3 Å². The molecule has 0 bridgehead atoms. The van der Waals surface area contributed by atoms with Crippen LogP contribution >= 0.6 is 11.3 Å². The predicted octanol–water partition coefficient (Wildman–Crippen LogP) is 16.7. The van der Waals surface area contributed by atoms with Crippen molar-refractivity contribution in [2.75, 3.05) is 0 Å². The first kappa shape index (κ1) is 38.8. The molecule has 0 saturated carbocycles. The molecular formula is C62H40N4S. The van der Waals surface area contributed by atoms with Crippen LogP contribution in [0, 0.1) is 0 Å². The largest absolute Gasteiger partial charge is 0.309 e. The maximum Gasteiger partial charge on any atom is 0.150 e. The number of rotatable bonds is 8. The average Bonchev–Trinajstić information content (AvgIpc) is 4.13. The second-order valence-corrected chi connectivity index (χ2v) is 18.0. The topological polar surface area (TPSA) is 35.6 Å². The molecule has 0 fully saturated rings. The zero-order valence-corrected chi connectivity index (χ0v) is 37.1. The molecule has 3 aromatic heterocycles. The van der Waals surface area contributed by atoms with Crippen molar-refractivity contribution < 1.29 is 0 Å². The summed E-state index contributed by atoms with van der Waals surface area (Å²) in [4.78, 5) is 0. The van der Waals surface area contributed by atoms with Crippen molar-refractivity contribution in [1.29, 1.82) is 0 Å². The zero-order valence-electron chi connectivity index (χ0n) is 36.3. The second kappa shape index (κ2) is 16.1. The van der Waals surface area contributed by atoms with Gasteiger partial charge in [0.2, 0.25) is 0 Å². The van der Waals surface area contributed by atoms with Crippen LogP contribution in [0.4, 0.5) is 0 Å². The maximum atomic E-state index is 4.99. The summed E-state index contributed by atoms with van der Waals surface area (Å²) in [6.45, 7) is 0. The third-order valence-electron chi connectivity index (χ3n) is 13.1. The van der Waals surface area contributed by atoms with Gasteiger partial charge < -0.3 is 9.13 Å². The van der Waals surface area contributed by atoms with Crippen LogP contribution < -0.4 is 0 Å². The smallest absolute Gasteiger partial charge is 0.150 e. The minimum Gasteiger partial charge on any atom is -0.309 e. The van der Waals surface area contributed by atoms with Crippen molar-refractivity contribution in [3.8, 4) is 77.0 Å². The molecule has 0 amide bonds. The fourth-order valence-corrected chi connectivity index (χ4v) is 10.8. The van der Waals surface area contributed by atoms with E-state index in [0.717, 1.165) is 65.7 Å². The van der Waals surface area contributed by atoms with Crippen LogP contribution in [0.25, 0.3) is 121 Å². The number of benzene rings is 10. The third-order valence-corrected chi connectivity index (χ3v) is 14.1. The fourth-order valence-electron chi connectivity index (χ4n) is 9.96. The Hall–Kier alpha value is -8.64. The van der Waals surface area contributed by atoms with Crippen molar-refractivity contribution in [2.24, 2.45) is 0 Å². The normalized spacial score (nSPS) is 11.6. The van der Waals surface area contributed by atoms with Crippen molar-refractivity contribution in [2.45, 2.75) is 0 Å². The van der Waals surface area contributed by atoms with E-state index in [9.17, 15) is 0 Å². The Bertz CT molecular complexity index is 3850. The lowest BCUT2D eigenvalue weighted by atomic mass is 9.98. The second-order valence-electron chi connectivity index (χ2n) is 17.1. The summed E-state index contributed by atoms with van der Waals surface area (Å²) in [5, 5.41) is 16.5. The van der Waals surface area contributed by atoms with Crippen LogP contribution in [0.1, 0.15) is 0 Å². The summed E-state index contributed by atoms with van der Waals surface area (Å²) in [6, 6.07) is 87.4. The summed E-state index contributed by atoms with van der Waals surface area (Å²) in [6.07, 6.45) is 0. The van der Waals surface area contributed by atoms with Crippen LogP contribution in [0.2, 0.25) is 0 Å². The molecule has 13 aromatic rings. The molecule has 13 rings (SSSR count). The van der Waals surface area contributed by atoms with Gasteiger partial charge in [-0.05, 0) is 105 Å². The van der Waals surface area contributed by atoms with Crippen LogP contribution in [0.5, 0.6) is 0 Å². The van der Waals surface area contributed by atoms with Gasteiger partial charge in [-0.2, -0.15) is 0 Å². The highest BCUT2D eigenvalue weighted by Crippen LogP contribution is 2.43. The molecule has 0 spiro atoms. The Morgan fingerprint density at radius 2 is 0.687 bits per heavy atom. The lowest BCUT2D eigenvalue weighted by Gasteiger charge is -2.15. The fraction of sp³-hybridized carbons (Fsp3) is 0. The van der Waals surface area contributed by atoms with Gasteiger partial charge in [0.05, 0.1) is 22.1 Å². The van der Waals surface area contributed by atoms with Gasteiger partial charge in [0.1, 0.15) is 10.0 Å². The standard InChI is InChI=1S/C62H40N4S/c1-5-18-41(19-6-1)46-34-47(42-20-7-2-8-21-42)37-50(36-46)65-57-30-15-13-26-52(57)54-33-32-45(40-59(54)65)61-63-64-62(67-61)56-29-17-28-55-53-27-14-16-31-58(53)66(60(55)56)51-38-48(43-22-9-3-10-23-43)35-49(39-51)44-24-11-4-12-25-44/h1-40H. The molecule has 0 aliphatic rings. The van der Waals surface area contributed by atoms with E-state index in [4.69, 9.17) is 10.2 Å². The number of hydrogen-bond donors (Lipinski definition) is 0. The molecule has 0 radical (unpaired) electrons.